The number of hydrogen-bond donors (Lipinski definition) is 4. The molecule has 5 N–H and O–H groups in total. The fourth-order valence-corrected chi connectivity index (χ4v) is 3.97. The van der Waals surface area contributed by atoms with E-state index in [0.29, 0.717) is 38.3 Å². The molecule has 0 bridgehead atoms. The van der Waals surface area contributed by atoms with Crippen molar-refractivity contribution in [3.63, 3.8) is 0 Å². The molecule has 35 heavy (non-hydrogen) atoms. The number of carbonyl (C=O) groups excluding carboxylic acids is 2. The summed E-state index contributed by atoms with van der Waals surface area (Å²) in [6, 6.07) is 17.9. The Morgan fingerprint density at radius 3 is 1.94 bits per heavy atom. The zero-order valence-electron chi connectivity index (χ0n) is 21.8. The van der Waals surface area contributed by atoms with Crippen molar-refractivity contribution in [2.75, 3.05) is 13.1 Å². The van der Waals surface area contributed by atoms with Crippen LogP contribution >= 0.6 is 0 Å². The van der Waals surface area contributed by atoms with Gasteiger partial charge in [0.15, 0.2) is 0 Å². The second-order valence-electron chi connectivity index (χ2n) is 10.0. The van der Waals surface area contributed by atoms with E-state index in [9.17, 15) is 9.59 Å². The SMILES string of the molecule is CC(C)CCCNC(=O)[C@@H](N)CCCNC(=O)[C@H](Cc1ccc(-c2ccccc2)cc1)NC(C)C. The largest absolute Gasteiger partial charge is 0.355 e. The predicted octanol–water partition coefficient (Wildman–Crippen LogP) is 4.04. The quantitative estimate of drug-likeness (QED) is 0.289. The molecule has 192 valence electrons. The van der Waals surface area contributed by atoms with Crippen molar-refractivity contribution in [1.82, 2.24) is 16.0 Å². The van der Waals surface area contributed by atoms with Crippen molar-refractivity contribution in [3.05, 3.63) is 60.2 Å². The first-order valence-electron chi connectivity index (χ1n) is 13.0. The minimum atomic E-state index is -0.543. The fraction of sp³-hybridized carbons (Fsp3) is 0.517. The van der Waals surface area contributed by atoms with Gasteiger partial charge in [0.05, 0.1) is 12.1 Å². The van der Waals surface area contributed by atoms with Crippen LogP contribution in [0.2, 0.25) is 0 Å². The van der Waals surface area contributed by atoms with Gasteiger partial charge in [-0.2, -0.15) is 0 Å². The average Bonchev–Trinajstić information content (AvgIpc) is 2.84. The van der Waals surface area contributed by atoms with Crippen LogP contribution in [0.3, 0.4) is 0 Å². The number of amides is 2. The Balaban J connectivity index is 1.79. The van der Waals surface area contributed by atoms with Gasteiger partial charge in [0.2, 0.25) is 11.8 Å². The second kappa shape index (κ2) is 15.3. The number of nitrogens with two attached hydrogens (primary N) is 1. The summed E-state index contributed by atoms with van der Waals surface area (Å²) in [7, 11) is 0. The lowest BCUT2D eigenvalue weighted by Gasteiger charge is -2.21. The monoisotopic (exact) mass is 480 g/mol. The Labute approximate surface area is 211 Å². The van der Waals surface area contributed by atoms with Crippen molar-refractivity contribution in [2.45, 2.75) is 77.9 Å². The van der Waals surface area contributed by atoms with Gasteiger partial charge in [-0.05, 0) is 54.7 Å². The van der Waals surface area contributed by atoms with E-state index >= 15 is 0 Å². The molecule has 0 spiro atoms. The highest BCUT2D eigenvalue weighted by atomic mass is 16.2. The molecule has 6 heteroatoms. The van der Waals surface area contributed by atoms with Crippen LogP contribution in [0, 0.1) is 5.92 Å². The first kappa shape index (κ1) is 28.5. The average molecular weight is 481 g/mol. The van der Waals surface area contributed by atoms with Gasteiger partial charge in [-0.25, -0.2) is 0 Å². The first-order chi connectivity index (χ1) is 16.8. The van der Waals surface area contributed by atoms with Gasteiger partial charge in [0.25, 0.3) is 0 Å². The van der Waals surface area contributed by atoms with Crippen LogP contribution in [0.5, 0.6) is 0 Å². The van der Waals surface area contributed by atoms with Gasteiger partial charge >= 0.3 is 0 Å². The summed E-state index contributed by atoms with van der Waals surface area (Å²) < 4.78 is 0. The minimum Gasteiger partial charge on any atom is -0.355 e. The minimum absolute atomic E-state index is 0.0301. The normalized spacial score (nSPS) is 13.0. The molecule has 0 unspecified atom stereocenters. The molecule has 2 aromatic rings. The third-order valence-corrected chi connectivity index (χ3v) is 5.94. The number of benzene rings is 2. The summed E-state index contributed by atoms with van der Waals surface area (Å²) in [6.07, 6.45) is 3.86. The number of carbonyl (C=O) groups is 2. The summed E-state index contributed by atoms with van der Waals surface area (Å²) >= 11 is 0. The molecule has 0 fully saturated rings. The lowest BCUT2D eigenvalue weighted by Crippen LogP contribution is -2.48. The Hall–Kier alpha value is -2.70. The molecule has 6 nitrogen and oxygen atoms in total. The Kier molecular flexibility index (Phi) is 12.5. The van der Waals surface area contributed by atoms with Crippen LogP contribution in [0.4, 0.5) is 0 Å². The highest BCUT2D eigenvalue weighted by Crippen LogP contribution is 2.19. The van der Waals surface area contributed by atoms with Crippen molar-refractivity contribution < 1.29 is 9.59 Å². The van der Waals surface area contributed by atoms with Crippen molar-refractivity contribution in [3.8, 4) is 11.1 Å². The van der Waals surface area contributed by atoms with Crippen LogP contribution in [0.1, 0.15) is 58.9 Å². The molecule has 0 radical (unpaired) electrons. The highest BCUT2D eigenvalue weighted by molar-refractivity contribution is 5.82. The summed E-state index contributed by atoms with van der Waals surface area (Å²) in [4.78, 5) is 25.0. The van der Waals surface area contributed by atoms with Gasteiger partial charge in [0.1, 0.15) is 0 Å². The summed E-state index contributed by atoms with van der Waals surface area (Å²) in [5.41, 5.74) is 9.46. The van der Waals surface area contributed by atoms with Crippen molar-refractivity contribution in [1.29, 1.82) is 0 Å². The topological polar surface area (TPSA) is 96.2 Å². The smallest absolute Gasteiger partial charge is 0.237 e. The molecule has 2 rings (SSSR count). The third kappa shape index (κ3) is 11.1. The summed E-state index contributed by atoms with van der Waals surface area (Å²) in [6.45, 7) is 9.58. The van der Waals surface area contributed by atoms with E-state index in [1.165, 1.54) is 5.56 Å². The molecule has 0 heterocycles. The van der Waals surface area contributed by atoms with Crippen LogP contribution in [-0.4, -0.2) is 43.0 Å². The van der Waals surface area contributed by atoms with E-state index in [1.54, 1.807) is 0 Å². The maximum Gasteiger partial charge on any atom is 0.237 e. The van der Waals surface area contributed by atoms with Crippen molar-refractivity contribution in [2.24, 2.45) is 11.7 Å². The zero-order chi connectivity index (χ0) is 25.6. The molecule has 0 saturated heterocycles. The Morgan fingerprint density at radius 1 is 0.771 bits per heavy atom. The van der Waals surface area contributed by atoms with Crippen LogP contribution < -0.4 is 21.7 Å². The summed E-state index contributed by atoms with van der Waals surface area (Å²) in [5.74, 6) is 0.489. The van der Waals surface area contributed by atoms with Gasteiger partial charge in [-0.15, -0.1) is 0 Å². The van der Waals surface area contributed by atoms with E-state index in [-0.39, 0.29) is 23.9 Å². The first-order valence-corrected chi connectivity index (χ1v) is 13.0. The molecular formula is C29H44N4O2. The van der Waals surface area contributed by atoms with Gasteiger partial charge in [-0.3, -0.25) is 9.59 Å². The van der Waals surface area contributed by atoms with Crippen LogP contribution in [0.15, 0.2) is 54.6 Å². The van der Waals surface area contributed by atoms with Gasteiger partial charge in [-0.1, -0.05) is 82.3 Å². The number of hydrogen-bond acceptors (Lipinski definition) is 4. The number of rotatable bonds is 15. The maximum absolute atomic E-state index is 12.9. The molecule has 0 aliphatic rings. The maximum atomic E-state index is 12.9. The molecule has 2 atom stereocenters. The van der Waals surface area contributed by atoms with E-state index < -0.39 is 6.04 Å². The predicted molar refractivity (Wildman–Crippen MR) is 145 cm³/mol. The Morgan fingerprint density at radius 2 is 1.34 bits per heavy atom. The molecule has 0 aromatic heterocycles. The van der Waals surface area contributed by atoms with Gasteiger partial charge < -0.3 is 21.7 Å². The van der Waals surface area contributed by atoms with Gasteiger partial charge in [0, 0.05) is 19.1 Å². The third-order valence-electron chi connectivity index (χ3n) is 5.94. The molecule has 0 saturated carbocycles. The summed E-state index contributed by atoms with van der Waals surface area (Å²) in [5, 5.41) is 9.30. The van der Waals surface area contributed by atoms with Crippen LogP contribution in [-0.2, 0) is 16.0 Å². The number of nitrogens with one attached hydrogen (secondary N) is 3. The molecular weight excluding hydrogens is 436 g/mol. The standard InChI is InChI=1S/C29H44N4O2/c1-21(2)10-8-18-31-28(34)26(30)13-9-19-32-29(35)27(33-22(3)4)20-23-14-16-25(17-15-23)24-11-6-5-7-12-24/h5-7,11-12,14-17,21-22,26-27,33H,8-10,13,18-20,30H2,1-4H3,(H,31,34)(H,32,35)/t26-,27-/m0/s1. The highest BCUT2D eigenvalue weighted by Gasteiger charge is 2.20. The zero-order valence-corrected chi connectivity index (χ0v) is 21.8. The van der Waals surface area contributed by atoms with Crippen molar-refractivity contribution >= 4 is 11.8 Å². The van der Waals surface area contributed by atoms with E-state index in [1.807, 2.05) is 32.0 Å². The lowest BCUT2D eigenvalue weighted by molar-refractivity contribution is -0.123. The van der Waals surface area contributed by atoms with E-state index in [4.69, 9.17) is 5.73 Å². The lowest BCUT2D eigenvalue weighted by atomic mass is 10.00. The second-order valence-corrected chi connectivity index (χ2v) is 10.0. The molecule has 0 aliphatic heterocycles. The molecule has 2 aromatic carbocycles. The Bertz CT molecular complexity index is 881. The molecule has 0 aliphatic carbocycles. The fourth-order valence-electron chi connectivity index (χ4n) is 3.97. The van der Waals surface area contributed by atoms with E-state index in [0.717, 1.165) is 24.0 Å². The van der Waals surface area contributed by atoms with E-state index in [2.05, 4.69) is 66.2 Å². The van der Waals surface area contributed by atoms with Crippen LogP contribution in [0.25, 0.3) is 11.1 Å². The molecule has 2 amide bonds.